The first-order valence-corrected chi connectivity index (χ1v) is 26.2. The predicted octanol–water partition coefficient (Wildman–Crippen LogP) is 20.2. The molecule has 0 aliphatic heterocycles. The molecule has 0 amide bonds. The zero-order valence-electron chi connectivity index (χ0n) is 41.8. The largest absolute Gasteiger partial charge is 0.310 e. The summed E-state index contributed by atoms with van der Waals surface area (Å²) in [5.41, 5.74) is 19.1. The number of nitrogens with zero attached hydrogens (tertiary/aromatic N) is 2. The number of benzene rings is 13. The van der Waals surface area contributed by atoms with Gasteiger partial charge in [0.2, 0.25) is 0 Å². The molecular weight excluding hydrogens is 905 g/mol. The molecule has 0 atom stereocenters. The van der Waals surface area contributed by atoms with Crippen LogP contribution in [0.4, 0.5) is 17.1 Å². The van der Waals surface area contributed by atoms with Crippen LogP contribution in [0.3, 0.4) is 0 Å². The van der Waals surface area contributed by atoms with Gasteiger partial charge in [-0.05, 0) is 160 Å². The van der Waals surface area contributed by atoms with Gasteiger partial charge in [0.1, 0.15) is 0 Å². The highest BCUT2D eigenvalue weighted by Gasteiger charge is 2.36. The minimum absolute atomic E-state index is 0.199. The molecule has 0 unspecified atom stereocenters. The quantitative estimate of drug-likeness (QED) is 0.145. The van der Waals surface area contributed by atoms with Crippen LogP contribution in [0.2, 0.25) is 0 Å². The minimum atomic E-state index is -0.199. The summed E-state index contributed by atoms with van der Waals surface area (Å²) in [7, 11) is 0. The van der Waals surface area contributed by atoms with Crippen molar-refractivity contribution < 1.29 is 0 Å². The van der Waals surface area contributed by atoms with Crippen molar-refractivity contribution in [3.63, 3.8) is 0 Å². The number of anilines is 3. The standard InChI is InChI=1S/C73H50N2/c1-73(2)67-29-15-13-26-60(67)61-41-40-55(44-68(61)73)74(54-39-36-50-32-33-51(42-52(50)43-54)48-20-7-4-8-21-48)71-46-65-59-25-12-10-23-57(59)56-22-9-11-24-58(56)64(65)45-66(71)62-28-17-31-70-72(62)63-27-14-16-30-69(63)75(70)53-37-34-49(35-38-53)47-18-5-3-6-19-47/h3-46H,1-2H3. The van der Waals surface area contributed by atoms with Crippen molar-refractivity contribution in [1.29, 1.82) is 0 Å². The number of hydrogen-bond acceptors (Lipinski definition) is 1. The van der Waals surface area contributed by atoms with Crippen LogP contribution in [-0.4, -0.2) is 4.57 Å². The highest BCUT2D eigenvalue weighted by atomic mass is 15.1. The molecule has 14 aromatic rings. The van der Waals surface area contributed by atoms with E-state index < -0.39 is 0 Å². The molecule has 75 heavy (non-hydrogen) atoms. The minimum Gasteiger partial charge on any atom is -0.310 e. The van der Waals surface area contributed by atoms with Crippen molar-refractivity contribution in [2.75, 3.05) is 4.90 Å². The monoisotopic (exact) mass is 954 g/mol. The lowest BCUT2D eigenvalue weighted by atomic mass is 9.82. The second kappa shape index (κ2) is 16.8. The molecule has 1 heterocycles. The lowest BCUT2D eigenvalue weighted by molar-refractivity contribution is 0.660. The van der Waals surface area contributed by atoms with Crippen LogP contribution in [0.1, 0.15) is 25.0 Å². The van der Waals surface area contributed by atoms with Gasteiger partial charge in [-0.3, -0.25) is 0 Å². The van der Waals surface area contributed by atoms with Crippen LogP contribution in [-0.2, 0) is 5.41 Å². The van der Waals surface area contributed by atoms with E-state index >= 15 is 0 Å². The van der Waals surface area contributed by atoms with E-state index in [1.54, 1.807) is 0 Å². The summed E-state index contributed by atoms with van der Waals surface area (Å²) in [5, 5.41) is 12.3. The van der Waals surface area contributed by atoms with E-state index in [1.807, 2.05) is 0 Å². The molecule has 1 aliphatic rings. The molecule has 1 aliphatic carbocycles. The first kappa shape index (κ1) is 43.1. The topological polar surface area (TPSA) is 8.17 Å². The van der Waals surface area contributed by atoms with Gasteiger partial charge in [0, 0.05) is 38.8 Å². The van der Waals surface area contributed by atoms with Gasteiger partial charge in [0.25, 0.3) is 0 Å². The molecular formula is C73H50N2. The van der Waals surface area contributed by atoms with Gasteiger partial charge in [-0.15, -0.1) is 0 Å². The van der Waals surface area contributed by atoms with E-state index in [9.17, 15) is 0 Å². The Kier molecular flexibility index (Phi) is 9.65. The van der Waals surface area contributed by atoms with Gasteiger partial charge in [0.15, 0.2) is 0 Å². The number of aromatic nitrogens is 1. The van der Waals surface area contributed by atoms with E-state index in [4.69, 9.17) is 0 Å². The zero-order valence-corrected chi connectivity index (χ0v) is 41.8. The summed E-state index contributed by atoms with van der Waals surface area (Å²) in [6, 6.07) is 99.4. The van der Waals surface area contributed by atoms with Crippen molar-refractivity contribution in [2.24, 2.45) is 0 Å². The smallest absolute Gasteiger partial charge is 0.0547 e. The summed E-state index contributed by atoms with van der Waals surface area (Å²) in [6.45, 7) is 4.77. The van der Waals surface area contributed by atoms with E-state index in [0.717, 1.165) is 28.3 Å². The Morgan fingerprint density at radius 3 is 1.56 bits per heavy atom. The Balaban J connectivity index is 1.05. The second-order valence-electron chi connectivity index (χ2n) is 20.8. The van der Waals surface area contributed by atoms with Crippen LogP contribution < -0.4 is 4.90 Å². The second-order valence-corrected chi connectivity index (χ2v) is 20.8. The molecule has 0 bridgehead atoms. The summed E-state index contributed by atoms with van der Waals surface area (Å²) in [6.07, 6.45) is 0. The third-order valence-electron chi connectivity index (χ3n) is 16.3. The van der Waals surface area contributed by atoms with Crippen molar-refractivity contribution in [1.82, 2.24) is 4.57 Å². The van der Waals surface area contributed by atoms with Gasteiger partial charge in [-0.1, -0.05) is 214 Å². The fourth-order valence-corrected chi connectivity index (χ4v) is 12.7. The highest BCUT2D eigenvalue weighted by Crippen LogP contribution is 2.53. The molecule has 1 aromatic heterocycles. The van der Waals surface area contributed by atoms with E-state index in [-0.39, 0.29) is 5.41 Å². The van der Waals surface area contributed by atoms with Crippen molar-refractivity contribution in [3.8, 4) is 50.2 Å². The fraction of sp³-hybridized carbons (Fsp3) is 0.0411. The Morgan fingerprint density at radius 2 is 0.827 bits per heavy atom. The average molecular weight is 955 g/mol. The Bertz CT molecular complexity index is 4600. The number of fused-ring (bicyclic) bond motifs is 13. The first-order valence-electron chi connectivity index (χ1n) is 26.2. The zero-order chi connectivity index (χ0) is 49.8. The molecule has 2 nitrogen and oxygen atoms in total. The lowest BCUT2D eigenvalue weighted by Gasteiger charge is -2.31. The van der Waals surface area contributed by atoms with Crippen LogP contribution in [0, 0.1) is 0 Å². The van der Waals surface area contributed by atoms with Gasteiger partial charge < -0.3 is 9.47 Å². The number of para-hydroxylation sites is 1. The van der Waals surface area contributed by atoms with E-state index in [2.05, 4.69) is 290 Å². The Hall–Kier alpha value is -9.50. The highest BCUT2D eigenvalue weighted by molar-refractivity contribution is 6.28. The Labute approximate surface area is 436 Å². The van der Waals surface area contributed by atoms with Crippen LogP contribution in [0.25, 0.3) is 115 Å². The molecule has 15 rings (SSSR count). The normalized spacial score (nSPS) is 12.8. The van der Waals surface area contributed by atoms with Gasteiger partial charge >= 0.3 is 0 Å². The summed E-state index contributed by atoms with van der Waals surface area (Å²) < 4.78 is 2.46. The molecule has 2 heteroatoms. The summed E-state index contributed by atoms with van der Waals surface area (Å²) in [4.78, 5) is 2.56. The van der Waals surface area contributed by atoms with Gasteiger partial charge in [0.05, 0.1) is 16.7 Å². The third-order valence-corrected chi connectivity index (χ3v) is 16.3. The molecule has 352 valence electrons. The molecule has 0 spiro atoms. The number of rotatable bonds is 7. The van der Waals surface area contributed by atoms with E-state index in [1.165, 1.54) is 115 Å². The van der Waals surface area contributed by atoms with E-state index in [0.29, 0.717) is 0 Å². The Morgan fingerprint density at radius 1 is 0.307 bits per heavy atom. The van der Waals surface area contributed by atoms with Crippen molar-refractivity contribution in [2.45, 2.75) is 19.3 Å². The summed E-state index contributed by atoms with van der Waals surface area (Å²) in [5.74, 6) is 0. The maximum Gasteiger partial charge on any atom is 0.0547 e. The maximum absolute atomic E-state index is 2.56. The van der Waals surface area contributed by atoms with Crippen LogP contribution in [0.15, 0.2) is 267 Å². The SMILES string of the molecule is CC1(C)c2ccccc2-c2ccc(N(c3ccc4ccc(-c5ccccc5)cc4c3)c3cc4c5ccccc5c5ccccc5c4cc3-c3cccc4c3c3ccccc3n4-c3ccc(-c4ccccc4)cc3)cc21. The summed E-state index contributed by atoms with van der Waals surface area (Å²) >= 11 is 0. The van der Waals surface area contributed by atoms with Crippen molar-refractivity contribution >= 4 is 82.0 Å². The molecule has 13 aromatic carbocycles. The lowest BCUT2D eigenvalue weighted by Crippen LogP contribution is -2.17. The average Bonchev–Trinajstić information content (AvgIpc) is 3.94. The van der Waals surface area contributed by atoms with Crippen molar-refractivity contribution in [3.05, 3.63) is 278 Å². The molecule has 0 radical (unpaired) electrons. The number of hydrogen-bond donors (Lipinski definition) is 0. The predicted molar refractivity (Wildman–Crippen MR) is 319 cm³/mol. The van der Waals surface area contributed by atoms with Gasteiger partial charge in [-0.25, -0.2) is 0 Å². The third kappa shape index (κ3) is 6.73. The molecule has 0 N–H and O–H groups in total. The molecule has 0 fully saturated rings. The van der Waals surface area contributed by atoms with Gasteiger partial charge in [-0.2, -0.15) is 0 Å². The molecule has 0 saturated carbocycles. The van der Waals surface area contributed by atoms with Crippen LogP contribution >= 0.6 is 0 Å². The van der Waals surface area contributed by atoms with Crippen LogP contribution in [0.5, 0.6) is 0 Å². The molecule has 0 saturated heterocycles. The maximum atomic E-state index is 2.56. The fourth-order valence-electron chi connectivity index (χ4n) is 12.7. The first-order chi connectivity index (χ1) is 37.0.